The van der Waals surface area contributed by atoms with Crippen LogP contribution in [0.4, 0.5) is 0 Å². The van der Waals surface area contributed by atoms with Gasteiger partial charge in [-0.2, -0.15) is 0 Å². The summed E-state index contributed by atoms with van der Waals surface area (Å²) in [5.74, 6) is 1.04. The second-order valence-electron chi connectivity index (χ2n) is 5.67. The second-order valence-corrected chi connectivity index (χ2v) is 5.67. The average molecular weight is 273 g/mol. The molecule has 20 heavy (non-hydrogen) atoms. The Morgan fingerprint density at radius 3 is 2.60 bits per heavy atom. The molecule has 0 fully saturated rings. The predicted molar refractivity (Wildman–Crippen MR) is 83.9 cm³/mol. The van der Waals surface area contributed by atoms with E-state index in [1.807, 2.05) is 39.0 Å². The van der Waals surface area contributed by atoms with Crippen molar-refractivity contribution in [3.8, 4) is 0 Å². The van der Waals surface area contributed by atoms with E-state index >= 15 is 0 Å². The van der Waals surface area contributed by atoms with Crippen molar-refractivity contribution in [3.63, 3.8) is 0 Å². The number of aryl methyl sites for hydroxylation is 1. The van der Waals surface area contributed by atoms with Gasteiger partial charge in [-0.15, -0.1) is 0 Å². The Labute approximate surface area is 119 Å². The van der Waals surface area contributed by atoms with Crippen LogP contribution in [0.25, 0.3) is 10.9 Å². The quantitative estimate of drug-likeness (QED) is 0.930. The van der Waals surface area contributed by atoms with Gasteiger partial charge in [0.1, 0.15) is 5.82 Å². The Kier molecular flexibility index (Phi) is 4.12. The van der Waals surface area contributed by atoms with Gasteiger partial charge < -0.3 is 5.43 Å². The molecule has 108 valence electrons. The van der Waals surface area contributed by atoms with Crippen molar-refractivity contribution < 1.29 is 0 Å². The van der Waals surface area contributed by atoms with E-state index in [4.69, 9.17) is 4.98 Å². The molecule has 2 rings (SSSR count). The smallest absolute Gasteiger partial charge is 0.280 e. The minimum Gasteiger partial charge on any atom is -0.319 e. The maximum atomic E-state index is 12.8. The van der Waals surface area contributed by atoms with E-state index in [1.165, 1.54) is 0 Å². The van der Waals surface area contributed by atoms with Crippen LogP contribution in [0.15, 0.2) is 23.0 Å². The number of aromatic nitrogens is 2. The van der Waals surface area contributed by atoms with Crippen molar-refractivity contribution in [2.75, 3.05) is 5.43 Å². The van der Waals surface area contributed by atoms with E-state index < -0.39 is 0 Å². The summed E-state index contributed by atoms with van der Waals surface area (Å²) in [7, 11) is 0. The molecule has 1 atom stereocenters. The third kappa shape index (κ3) is 2.55. The maximum absolute atomic E-state index is 12.8. The largest absolute Gasteiger partial charge is 0.319 e. The monoisotopic (exact) mass is 273 g/mol. The van der Waals surface area contributed by atoms with Crippen LogP contribution in [-0.2, 0) is 0 Å². The molecule has 1 aromatic carbocycles. The van der Waals surface area contributed by atoms with Crippen LogP contribution in [0.1, 0.15) is 51.4 Å². The van der Waals surface area contributed by atoms with E-state index in [0.29, 0.717) is 5.39 Å². The highest BCUT2D eigenvalue weighted by atomic mass is 16.1. The number of benzene rings is 1. The molecule has 0 aliphatic rings. The molecule has 1 aromatic heterocycles. The number of nitrogens with one attached hydrogen (secondary N) is 1. The van der Waals surface area contributed by atoms with Gasteiger partial charge in [-0.1, -0.05) is 26.0 Å². The topological polar surface area (TPSA) is 46.9 Å². The number of rotatable bonds is 4. The lowest BCUT2D eigenvalue weighted by molar-refractivity contribution is 0.595. The molecule has 4 heteroatoms. The molecule has 0 saturated carbocycles. The van der Waals surface area contributed by atoms with Crippen molar-refractivity contribution in [1.82, 2.24) is 9.66 Å². The molecule has 0 radical (unpaired) electrons. The Balaban J connectivity index is 2.80. The van der Waals surface area contributed by atoms with Crippen LogP contribution in [0.3, 0.4) is 0 Å². The molecule has 0 aliphatic carbocycles. The van der Waals surface area contributed by atoms with Crippen LogP contribution < -0.4 is 11.0 Å². The van der Waals surface area contributed by atoms with E-state index in [0.717, 1.165) is 23.3 Å². The third-order valence-corrected chi connectivity index (χ3v) is 3.57. The van der Waals surface area contributed by atoms with E-state index in [9.17, 15) is 4.79 Å². The third-order valence-electron chi connectivity index (χ3n) is 3.57. The van der Waals surface area contributed by atoms with Gasteiger partial charge in [-0.3, -0.25) is 4.79 Å². The highest BCUT2D eigenvalue weighted by Gasteiger charge is 2.16. The predicted octanol–water partition coefficient (Wildman–Crippen LogP) is 3.17. The van der Waals surface area contributed by atoms with Crippen molar-refractivity contribution in [2.24, 2.45) is 0 Å². The zero-order valence-electron chi connectivity index (χ0n) is 12.9. The Morgan fingerprint density at radius 1 is 1.30 bits per heavy atom. The molecule has 4 nitrogen and oxygen atoms in total. The molecule has 1 heterocycles. The Bertz CT molecular complexity index is 673. The summed E-state index contributed by atoms with van der Waals surface area (Å²) in [6, 6.07) is 5.99. The van der Waals surface area contributed by atoms with Crippen LogP contribution >= 0.6 is 0 Å². The van der Waals surface area contributed by atoms with E-state index in [-0.39, 0.29) is 17.5 Å². The van der Waals surface area contributed by atoms with Crippen molar-refractivity contribution >= 4 is 10.9 Å². The first kappa shape index (κ1) is 14.6. The lowest BCUT2D eigenvalue weighted by atomic mass is 10.1. The number of hydrogen-bond acceptors (Lipinski definition) is 3. The average Bonchev–Trinajstić information content (AvgIpc) is 2.40. The second kappa shape index (κ2) is 5.65. The van der Waals surface area contributed by atoms with Crippen LogP contribution in [-0.4, -0.2) is 15.7 Å². The summed E-state index contributed by atoms with van der Waals surface area (Å²) in [6.07, 6.45) is 0.948. The number of hydrogen-bond donors (Lipinski definition) is 1. The first-order chi connectivity index (χ1) is 9.45. The Hall–Kier alpha value is -1.84. The highest BCUT2D eigenvalue weighted by Crippen LogP contribution is 2.19. The maximum Gasteiger partial charge on any atom is 0.280 e. The molecule has 0 spiro atoms. The minimum atomic E-state index is -0.00269. The van der Waals surface area contributed by atoms with Crippen LogP contribution in [0.2, 0.25) is 0 Å². The van der Waals surface area contributed by atoms with Crippen molar-refractivity contribution in [2.45, 2.75) is 53.0 Å². The SMILES string of the molecule is CCC(C)c1nc2cccc(C)c2c(=O)n1NC(C)C. The highest BCUT2D eigenvalue weighted by molar-refractivity contribution is 5.81. The van der Waals surface area contributed by atoms with Gasteiger partial charge in [0.25, 0.3) is 5.56 Å². The van der Waals surface area contributed by atoms with Gasteiger partial charge in [0, 0.05) is 12.0 Å². The van der Waals surface area contributed by atoms with Gasteiger partial charge in [-0.25, -0.2) is 9.66 Å². The molecule has 1 unspecified atom stereocenters. The summed E-state index contributed by atoms with van der Waals surface area (Å²) < 4.78 is 1.63. The zero-order valence-corrected chi connectivity index (χ0v) is 12.9. The fraction of sp³-hybridized carbons (Fsp3) is 0.500. The van der Waals surface area contributed by atoms with Gasteiger partial charge in [0.15, 0.2) is 0 Å². The van der Waals surface area contributed by atoms with Crippen molar-refractivity contribution in [1.29, 1.82) is 0 Å². The van der Waals surface area contributed by atoms with Gasteiger partial charge in [0.05, 0.1) is 10.9 Å². The van der Waals surface area contributed by atoms with Gasteiger partial charge in [0.2, 0.25) is 0 Å². The fourth-order valence-corrected chi connectivity index (χ4v) is 2.31. The molecule has 1 N–H and O–H groups in total. The zero-order chi connectivity index (χ0) is 14.9. The van der Waals surface area contributed by atoms with Crippen LogP contribution in [0.5, 0.6) is 0 Å². The normalized spacial score (nSPS) is 12.9. The first-order valence-electron chi connectivity index (χ1n) is 7.24. The van der Waals surface area contributed by atoms with Crippen LogP contribution in [0, 0.1) is 6.92 Å². The molecule has 0 amide bonds. The molecule has 2 aromatic rings. The summed E-state index contributed by atoms with van der Waals surface area (Å²) >= 11 is 0. The fourth-order valence-electron chi connectivity index (χ4n) is 2.31. The standard InChI is InChI=1S/C16H23N3O/c1-6-11(4)15-17-13-9-7-8-12(5)14(13)16(20)19(15)18-10(2)3/h7-11,18H,6H2,1-5H3. The molecular formula is C16H23N3O. The first-order valence-corrected chi connectivity index (χ1v) is 7.24. The Morgan fingerprint density at radius 2 is 2.00 bits per heavy atom. The number of nitrogens with zero attached hydrogens (tertiary/aromatic N) is 2. The summed E-state index contributed by atoms with van der Waals surface area (Å²) in [6.45, 7) is 10.2. The molecular weight excluding hydrogens is 250 g/mol. The van der Waals surface area contributed by atoms with Gasteiger partial charge >= 0.3 is 0 Å². The van der Waals surface area contributed by atoms with E-state index in [2.05, 4.69) is 19.3 Å². The molecule has 0 bridgehead atoms. The lowest BCUT2D eigenvalue weighted by Crippen LogP contribution is -2.37. The lowest BCUT2D eigenvalue weighted by Gasteiger charge is -2.21. The molecule has 0 saturated heterocycles. The van der Waals surface area contributed by atoms with Crippen molar-refractivity contribution in [3.05, 3.63) is 39.9 Å². The molecule has 0 aliphatic heterocycles. The summed E-state index contributed by atoms with van der Waals surface area (Å²) in [5.41, 5.74) is 4.97. The minimum absolute atomic E-state index is 0.00269. The number of fused-ring (bicyclic) bond motifs is 1. The summed E-state index contributed by atoms with van der Waals surface area (Å²) in [4.78, 5) is 17.5. The summed E-state index contributed by atoms with van der Waals surface area (Å²) in [5, 5.41) is 0.702. The van der Waals surface area contributed by atoms with E-state index in [1.54, 1.807) is 4.68 Å². The van der Waals surface area contributed by atoms with Gasteiger partial charge in [-0.05, 0) is 38.8 Å².